The molecule has 1 aliphatic heterocycles. The molecule has 1 aliphatic rings. The Morgan fingerprint density at radius 1 is 1.17 bits per heavy atom. The van der Waals surface area contributed by atoms with Crippen LogP contribution < -0.4 is 10.5 Å². The van der Waals surface area contributed by atoms with E-state index < -0.39 is 21.4 Å². The second-order valence-electron chi connectivity index (χ2n) is 5.22. The number of H-pyrrole nitrogens is 1. The summed E-state index contributed by atoms with van der Waals surface area (Å²) in [5.74, 6) is -0.776. The molecule has 2 heterocycles. The Hall–Kier alpha value is -1.97. The summed E-state index contributed by atoms with van der Waals surface area (Å²) in [6.07, 6.45) is 1.42. The highest BCUT2D eigenvalue weighted by molar-refractivity contribution is 7.89. The summed E-state index contributed by atoms with van der Waals surface area (Å²) in [4.78, 5) is 12.9. The van der Waals surface area contributed by atoms with Crippen molar-refractivity contribution in [3.63, 3.8) is 0 Å². The van der Waals surface area contributed by atoms with E-state index in [2.05, 4.69) is 10.2 Å². The largest absolute Gasteiger partial charge is 0.366 e. The predicted molar refractivity (Wildman–Crippen MR) is 87.2 cm³/mol. The molecule has 3 rings (SSSR count). The molecule has 2 aromatic rings. The molecule has 0 spiro atoms. The van der Waals surface area contributed by atoms with Gasteiger partial charge in [-0.1, -0.05) is 23.7 Å². The smallest absolute Gasteiger partial charge is 0.285 e. The highest BCUT2D eigenvalue weighted by atomic mass is 35.5. The van der Waals surface area contributed by atoms with Crippen LogP contribution in [-0.2, 0) is 10.0 Å². The number of nitrogens with one attached hydrogen (secondary N) is 1. The van der Waals surface area contributed by atoms with Crippen LogP contribution in [0.2, 0.25) is 5.02 Å². The monoisotopic (exact) mass is 372 g/mol. The summed E-state index contributed by atoms with van der Waals surface area (Å²) in [5, 5.41) is 5.94. The van der Waals surface area contributed by atoms with Gasteiger partial charge in [-0.3, -0.25) is 4.79 Å². The van der Waals surface area contributed by atoms with Crippen molar-refractivity contribution < 1.29 is 12.8 Å². The molecule has 0 aliphatic carbocycles. The Morgan fingerprint density at radius 3 is 2.50 bits per heavy atom. The lowest BCUT2D eigenvalue weighted by Crippen LogP contribution is -2.49. The van der Waals surface area contributed by atoms with Crippen LogP contribution in [0.25, 0.3) is 0 Å². The zero-order chi connectivity index (χ0) is 17.3. The van der Waals surface area contributed by atoms with E-state index in [-0.39, 0.29) is 23.0 Å². The minimum absolute atomic E-state index is 0.00964. The highest BCUT2D eigenvalue weighted by Crippen LogP contribution is 2.25. The lowest BCUT2D eigenvalue weighted by atomic mass is 10.3. The average molecular weight is 373 g/mol. The van der Waals surface area contributed by atoms with Crippen molar-refractivity contribution in [2.45, 2.75) is 4.90 Å². The van der Waals surface area contributed by atoms with Gasteiger partial charge in [-0.15, -0.1) is 0 Å². The molecule has 7 nitrogen and oxygen atoms in total. The molecule has 1 fully saturated rings. The van der Waals surface area contributed by atoms with Gasteiger partial charge < -0.3 is 4.90 Å². The van der Waals surface area contributed by atoms with Gasteiger partial charge in [0.05, 0.1) is 11.9 Å². The number of sulfonamides is 1. The van der Waals surface area contributed by atoms with E-state index in [0.717, 1.165) is 6.07 Å². The normalized spacial score (nSPS) is 16.3. The lowest BCUT2D eigenvalue weighted by Gasteiger charge is -2.35. The molecule has 0 amide bonds. The van der Waals surface area contributed by atoms with Crippen molar-refractivity contribution in [3.8, 4) is 0 Å². The number of hydrogen-bond acceptors (Lipinski definition) is 5. The summed E-state index contributed by atoms with van der Waals surface area (Å²) >= 11 is 5.96. The number of benzene rings is 1. The van der Waals surface area contributed by atoms with Crippen molar-refractivity contribution in [3.05, 3.63) is 51.7 Å². The third-order valence-corrected chi connectivity index (χ3v) is 6.11. The Morgan fingerprint density at radius 2 is 1.83 bits per heavy atom. The highest BCUT2D eigenvalue weighted by Gasteiger charge is 2.31. The van der Waals surface area contributed by atoms with Gasteiger partial charge >= 0.3 is 0 Å². The van der Waals surface area contributed by atoms with Crippen LogP contribution in [0, 0.1) is 5.82 Å². The van der Waals surface area contributed by atoms with Crippen molar-refractivity contribution in [2.24, 2.45) is 0 Å². The minimum Gasteiger partial charge on any atom is -0.366 e. The van der Waals surface area contributed by atoms with Crippen molar-refractivity contribution in [2.75, 3.05) is 31.1 Å². The van der Waals surface area contributed by atoms with E-state index in [0.29, 0.717) is 18.8 Å². The van der Waals surface area contributed by atoms with Crippen LogP contribution in [0.5, 0.6) is 0 Å². The first-order valence-electron chi connectivity index (χ1n) is 7.14. The number of halogens is 2. The zero-order valence-corrected chi connectivity index (χ0v) is 14.0. The Kier molecular flexibility index (Phi) is 4.57. The maximum Gasteiger partial charge on any atom is 0.285 e. The van der Waals surface area contributed by atoms with E-state index in [1.807, 2.05) is 0 Å². The predicted octanol–water partition coefficient (Wildman–Crippen LogP) is 1.07. The van der Waals surface area contributed by atoms with E-state index in [9.17, 15) is 17.6 Å². The molecule has 0 unspecified atom stereocenters. The van der Waals surface area contributed by atoms with E-state index in [1.54, 1.807) is 4.90 Å². The fourth-order valence-electron chi connectivity index (χ4n) is 2.56. The first kappa shape index (κ1) is 16.9. The molecule has 0 atom stereocenters. The molecule has 1 saturated heterocycles. The van der Waals surface area contributed by atoms with Crippen LogP contribution in [0.3, 0.4) is 0 Å². The fourth-order valence-corrected chi connectivity index (χ4v) is 4.25. The van der Waals surface area contributed by atoms with Gasteiger partial charge in [0.15, 0.2) is 0 Å². The number of anilines is 1. The SMILES string of the molecule is O=c1[nH]ncc(N2CCN(S(=O)(=O)c3ccccc3F)CC2)c1Cl. The maximum atomic E-state index is 13.8. The zero-order valence-electron chi connectivity index (χ0n) is 12.4. The first-order chi connectivity index (χ1) is 11.4. The van der Waals surface area contributed by atoms with Gasteiger partial charge in [0.2, 0.25) is 10.0 Å². The molecule has 1 N–H and O–H groups in total. The first-order valence-corrected chi connectivity index (χ1v) is 8.96. The number of hydrogen-bond donors (Lipinski definition) is 1. The van der Waals surface area contributed by atoms with Gasteiger partial charge in [0.25, 0.3) is 5.56 Å². The van der Waals surface area contributed by atoms with Gasteiger partial charge in [0, 0.05) is 26.2 Å². The van der Waals surface area contributed by atoms with E-state index in [1.165, 1.54) is 28.7 Å². The Labute approximate surface area is 142 Å². The summed E-state index contributed by atoms with van der Waals surface area (Å²) in [6, 6.07) is 5.28. The van der Waals surface area contributed by atoms with Crippen molar-refractivity contribution in [1.82, 2.24) is 14.5 Å². The number of nitrogens with zero attached hydrogens (tertiary/aromatic N) is 3. The summed E-state index contributed by atoms with van der Waals surface area (Å²) in [7, 11) is -3.90. The number of piperazine rings is 1. The third-order valence-electron chi connectivity index (χ3n) is 3.81. The summed E-state index contributed by atoms with van der Waals surface area (Å²) in [6.45, 7) is 0.941. The molecule has 0 radical (unpaired) electrons. The average Bonchev–Trinajstić information content (AvgIpc) is 2.58. The minimum atomic E-state index is -3.90. The fraction of sp³-hybridized carbons (Fsp3) is 0.286. The molecule has 1 aromatic heterocycles. The quantitative estimate of drug-likeness (QED) is 0.871. The number of rotatable bonds is 3. The van der Waals surface area contributed by atoms with Crippen molar-refractivity contribution >= 4 is 27.3 Å². The van der Waals surface area contributed by atoms with Crippen LogP contribution in [0.1, 0.15) is 0 Å². The van der Waals surface area contributed by atoms with Crippen LogP contribution in [0.4, 0.5) is 10.1 Å². The van der Waals surface area contributed by atoms with E-state index in [4.69, 9.17) is 11.6 Å². The van der Waals surface area contributed by atoms with Crippen LogP contribution in [-0.4, -0.2) is 49.1 Å². The van der Waals surface area contributed by atoms with Gasteiger partial charge in [-0.05, 0) is 12.1 Å². The second kappa shape index (κ2) is 6.50. The summed E-state index contributed by atoms with van der Waals surface area (Å²) in [5.41, 5.74) is -0.0565. The van der Waals surface area contributed by atoms with Crippen LogP contribution in [0.15, 0.2) is 40.2 Å². The maximum absolute atomic E-state index is 13.8. The third kappa shape index (κ3) is 3.02. The molecule has 1 aromatic carbocycles. The standard InChI is InChI=1S/C14H14ClFN4O3S/c15-13-11(9-17-18-14(13)21)19-5-7-20(8-6-19)24(22,23)12-4-2-1-3-10(12)16/h1-4,9H,5-8H2,(H,18,21). The van der Waals surface area contributed by atoms with Gasteiger partial charge in [0.1, 0.15) is 15.7 Å². The molecule has 10 heteroatoms. The van der Waals surface area contributed by atoms with Crippen molar-refractivity contribution in [1.29, 1.82) is 0 Å². The Bertz CT molecular complexity index is 910. The lowest BCUT2D eigenvalue weighted by molar-refractivity contribution is 0.382. The number of aromatic amines is 1. The topological polar surface area (TPSA) is 86.4 Å². The molecule has 24 heavy (non-hydrogen) atoms. The molecular weight excluding hydrogens is 359 g/mol. The second-order valence-corrected chi connectivity index (χ2v) is 7.50. The van der Waals surface area contributed by atoms with E-state index >= 15 is 0 Å². The van der Waals surface area contributed by atoms with Crippen LogP contribution >= 0.6 is 11.6 Å². The van der Waals surface area contributed by atoms with Gasteiger partial charge in [-0.2, -0.15) is 9.40 Å². The molecular formula is C14H14ClFN4O3S. The number of aromatic nitrogens is 2. The molecule has 0 saturated carbocycles. The molecule has 128 valence electrons. The Balaban J connectivity index is 1.79. The van der Waals surface area contributed by atoms with Gasteiger partial charge in [-0.25, -0.2) is 17.9 Å². The summed E-state index contributed by atoms with van der Waals surface area (Å²) < 4.78 is 40.1. The molecule has 0 bridgehead atoms.